The molecule has 0 unspecified atom stereocenters. The largest absolute Gasteiger partial charge is 0.478 e. The molecule has 0 radical (unpaired) electrons. The van der Waals surface area contributed by atoms with Gasteiger partial charge in [0.15, 0.2) is 0 Å². The molecule has 0 saturated carbocycles. The number of carboxylic acid groups (broad SMARTS) is 1. The molecule has 1 N–H and O–H groups in total. The highest BCUT2D eigenvalue weighted by Crippen LogP contribution is 2.19. The summed E-state index contributed by atoms with van der Waals surface area (Å²) in [6.07, 6.45) is 0. The molecule has 0 aromatic carbocycles. The summed E-state index contributed by atoms with van der Waals surface area (Å²) in [6, 6.07) is 0. The van der Waals surface area contributed by atoms with E-state index in [4.69, 9.17) is 9.84 Å². The second-order valence-corrected chi connectivity index (χ2v) is 4.89. The molecule has 1 aliphatic rings. The summed E-state index contributed by atoms with van der Waals surface area (Å²) >= 11 is 0. The molecule has 5 heteroatoms. The Morgan fingerprint density at radius 1 is 1.24 bits per heavy atom. The number of aliphatic carboxylic acids is 1. The van der Waals surface area contributed by atoms with Crippen LogP contribution in [0.1, 0.15) is 27.7 Å². The molecule has 17 heavy (non-hydrogen) atoms. The fraction of sp³-hybridized carbons (Fsp3) is 0.667. The fourth-order valence-electron chi connectivity index (χ4n) is 1.75. The molecule has 1 saturated heterocycles. The predicted molar refractivity (Wildman–Crippen MR) is 62.6 cm³/mol. The lowest BCUT2D eigenvalue weighted by atomic mass is 10.1. The van der Waals surface area contributed by atoms with Crippen molar-refractivity contribution < 1.29 is 19.4 Å². The zero-order chi connectivity index (χ0) is 13.2. The minimum absolute atomic E-state index is 0.0966. The topological polar surface area (TPSA) is 66.8 Å². The molecule has 0 bridgehead atoms. The van der Waals surface area contributed by atoms with Crippen LogP contribution < -0.4 is 0 Å². The summed E-state index contributed by atoms with van der Waals surface area (Å²) < 4.78 is 5.51. The third-order valence-corrected chi connectivity index (χ3v) is 2.92. The highest BCUT2D eigenvalue weighted by molar-refractivity contribution is 6.01. The lowest BCUT2D eigenvalue weighted by Crippen LogP contribution is -2.50. The van der Waals surface area contributed by atoms with Crippen molar-refractivity contribution in [3.8, 4) is 0 Å². The molecule has 1 heterocycles. The van der Waals surface area contributed by atoms with Crippen LogP contribution in [0.4, 0.5) is 0 Å². The van der Waals surface area contributed by atoms with E-state index in [1.807, 2.05) is 13.8 Å². The first-order chi connectivity index (χ1) is 7.74. The molecule has 0 spiro atoms. The molecule has 0 aliphatic carbocycles. The van der Waals surface area contributed by atoms with Gasteiger partial charge in [0.25, 0.3) is 0 Å². The lowest BCUT2D eigenvalue weighted by molar-refractivity contribution is -0.142. The molecule has 5 nitrogen and oxygen atoms in total. The Labute approximate surface area is 101 Å². The van der Waals surface area contributed by atoms with Crippen molar-refractivity contribution in [1.29, 1.82) is 0 Å². The summed E-state index contributed by atoms with van der Waals surface area (Å²) in [5.41, 5.74) is 0.0141. The van der Waals surface area contributed by atoms with E-state index in [1.54, 1.807) is 11.8 Å². The lowest BCUT2D eigenvalue weighted by Gasteiger charge is -2.38. The van der Waals surface area contributed by atoms with Crippen LogP contribution in [0.5, 0.6) is 0 Å². The van der Waals surface area contributed by atoms with E-state index in [0.29, 0.717) is 19.7 Å². The van der Waals surface area contributed by atoms with Gasteiger partial charge in [-0.2, -0.15) is 0 Å². The standard InChI is InChI=1S/C12H19NO4/c1-8(9(2)11(15)16)10(14)13-5-6-17-12(3,4)7-13/h5-7H2,1-4H3,(H,15,16). The predicted octanol–water partition coefficient (Wildman–Crippen LogP) is 1.04. The SMILES string of the molecule is CC(C(=O)O)=C(C)C(=O)N1CCOC(C)(C)C1. The second-order valence-electron chi connectivity index (χ2n) is 4.89. The number of carbonyl (C=O) groups excluding carboxylic acids is 1. The summed E-state index contributed by atoms with van der Waals surface area (Å²) in [6.45, 7) is 8.29. The third kappa shape index (κ3) is 3.30. The quantitative estimate of drug-likeness (QED) is 0.734. The van der Waals surface area contributed by atoms with Gasteiger partial charge in [-0.1, -0.05) is 0 Å². The summed E-state index contributed by atoms with van der Waals surface area (Å²) in [5, 5.41) is 8.85. The molecule has 0 aromatic heterocycles. The zero-order valence-corrected chi connectivity index (χ0v) is 10.7. The maximum Gasteiger partial charge on any atom is 0.331 e. The number of rotatable bonds is 2. The number of carboxylic acids is 1. The molecule has 0 aromatic rings. The van der Waals surface area contributed by atoms with E-state index in [0.717, 1.165) is 0 Å². The first-order valence-electron chi connectivity index (χ1n) is 5.58. The van der Waals surface area contributed by atoms with Crippen LogP contribution in [-0.4, -0.2) is 47.2 Å². The van der Waals surface area contributed by atoms with Crippen molar-refractivity contribution in [1.82, 2.24) is 4.90 Å². The zero-order valence-electron chi connectivity index (χ0n) is 10.7. The van der Waals surface area contributed by atoms with Crippen molar-refractivity contribution in [2.24, 2.45) is 0 Å². The van der Waals surface area contributed by atoms with Gasteiger partial charge in [-0.15, -0.1) is 0 Å². The van der Waals surface area contributed by atoms with E-state index < -0.39 is 5.97 Å². The molecule has 1 fully saturated rings. The van der Waals surface area contributed by atoms with Crippen LogP contribution in [0, 0.1) is 0 Å². The van der Waals surface area contributed by atoms with Gasteiger partial charge in [0.1, 0.15) is 0 Å². The van der Waals surface area contributed by atoms with Crippen molar-refractivity contribution in [3.63, 3.8) is 0 Å². The number of hydrogen-bond donors (Lipinski definition) is 1. The Hall–Kier alpha value is -1.36. The van der Waals surface area contributed by atoms with E-state index in [1.165, 1.54) is 6.92 Å². The van der Waals surface area contributed by atoms with Crippen molar-refractivity contribution in [2.45, 2.75) is 33.3 Å². The van der Waals surface area contributed by atoms with E-state index in [9.17, 15) is 9.59 Å². The first-order valence-corrected chi connectivity index (χ1v) is 5.58. The van der Waals surface area contributed by atoms with Gasteiger partial charge in [-0.3, -0.25) is 4.79 Å². The molecular formula is C12H19NO4. The second kappa shape index (κ2) is 4.87. The number of carbonyl (C=O) groups is 2. The van der Waals surface area contributed by atoms with Gasteiger partial charge in [-0.05, 0) is 27.7 Å². The van der Waals surface area contributed by atoms with Crippen molar-refractivity contribution >= 4 is 11.9 Å². The van der Waals surface area contributed by atoms with E-state index >= 15 is 0 Å². The van der Waals surface area contributed by atoms with Gasteiger partial charge >= 0.3 is 5.97 Å². The Balaban J connectivity index is 2.84. The average molecular weight is 241 g/mol. The van der Waals surface area contributed by atoms with Crippen LogP contribution in [0.25, 0.3) is 0 Å². The molecule has 1 rings (SSSR count). The minimum atomic E-state index is -1.05. The third-order valence-electron chi connectivity index (χ3n) is 2.92. The van der Waals surface area contributed by atoms with E-state index in [2.05, 4.69) is 0 Å². The Kier molecular flexibility index (Phi) is 3.93. The normalized spacial score (nSPS) is 20.8. The van der Waals surface area contributed by atoms with Crippen LogP contribution >= 0.6 is 0 Å². The number of ether oxygens (including phenoxy) is 1. The van der Waals surface area contributed by atoms with Crippen LogP contribution in [0.2, 0.25) is 0 Å². The molecule has 96 valence electrons. The number of amides is 1. The highest BCUT2D eigenvalue weighted by atomic mass is 16.5. The van der Waals surface area contributed by atoms with Crippen LogP contribution in [-0.2, 0) is 14.3 Å². The maximum absolute atomic E-state index is 12.1. The number of morpholine rings is 1. The fourth-order valence-corrected chi connectivity index (χ4v) is 1.75. The number of hydrogen-bond acceptors (Lipinski definition) is 3. The molecule has 1 amide bonds. The Bertz CT molecular complexity index is 371. The molecule has 1 aliphatic heterocycles. The van der Waals surface area contributed by atoms with Crippen molar-refractivity contribution in [2.75, 3.05) is 19.7 Å². The monoisotopic (exact) mass is 241 g/mol. The minimum Gasteiger partial charge on any atom is -0.478 e. The highest BCUT2D eigenvalue weighted by Gasteiger charge is 2.31. The van der Waals surface area contributed by atoms with Gasteiger partial charge in [0.05, 0.1) is 12.2 Å². The van der Waals surface area contributed by atoms with Crippen LogP contribution in [0.3, 0.4) is 0 Å². The average Bonchev–Trinajstić information content (AvgIpc) is 2.24. The Morgan fingerprint density at radius 3 is 2.29 bits per heavy atom. The number of nitrogens with zero attached hydrogens (tertiary/aromatic N) is 1. The summed E-state index contributed by atoms with van der Waals surface area (Å²) in [7, 11) is 0. The molecule has 0 atom stereocenters. The maximum atomic E-state index is 12.1. The first kappa shape index (κ1) is 13.7. The smallest absolute Gasteiger partial charge is 0.331 e. The summed E-state index contributed by atoms with van der Waals surface area (Å²) in [5.74, 6) is -1.27. The van der Waals surface area contributed by atoms with Gasteiger partial charge < -0.3 is 14.7 Å². The molecular weight excluding hydrogens is 222 g/mol. The summed E-state index contributed by atoms with van der Waals surface area (Å²) in [4.78, 5) is 24.5. The van der Waals surface area contributed by atoms with Crippen LogP contribution in [0.15, 0.2) is 11.1 Å². The Morgan fingerprint density at radius 2 is 1.82 bits per heavy atom. The van der Waals surface area contributed by atoms with Gasteiger partial charge in [0, 0.05) is 24.2 Å². The van der Waals surface area contributed by atoms with Crippen molar-refractivity contribution in [3.05, 3.63) is 11.1 Å². The van der Waals surface area contributed by atoms with Gasteiger partial charge in [-0.25, -0.2) is 4.79 Å². The van der Waals surface area contributed by atoms with E-state index in [-0.39, 0.29) is 22.7 Å². The van der Waals surface area contributed by atoms with Gasteiger partial charge in [0.2, 0.25) is 5.91 Å².